The summed E-state index contributed by atoms with van der Waals surface area (Å²) in [7, 11) is 0. The molecular weight excluding hydrogens is 376 g/mol. The lowest BCUT2D eigenvalue weighted by molar-refractivity contribution is -0.119. The second-order valence-corrected chi connectivity index (χ2v) is 5.99. The molecule has 3 aromatic rings. The molecule has 0 aliphatic heterocycles. The summed E-state index contributed by atoms with van der Waals surface area (Å²) in [6, 6.07) is 5.81. The van der Waals surface area contributed by atoms with Crippen LogP contribution in [0.4, 0.5) is 22.7 Å². The summed E-state index contributed by atoms with van der Waals surface area (Å²) < 4.78 is 58.0. The van der Waals surface area contributed by atoms with Crippen LogP contribution in [0, 0.1) is 23.3 Å². The summed E-state index contributed by atoms with van der Waals surface area (Å²) in [6.07, 6.45) is 0. The number of benzene rings is 2. The molecule has 0 aliphatic rings. The Labute approximate surface area is 147 Å². The summed E-state index contributed by atoms with van der Waals surface area (Å²) in [6.45, 7) is -0.756. The van der Waals surface area contributed by atoms with Crippen molar-refractivity contribution >= 4 is 38.6 Å². The van der Waals surface area contributed by atoms with Crippen LogP contribution in [0.3, 0.4) is 0 Å². The molecular formula is C16H8F4N2O3S. The van der Waals surface area contributed by atoms with Crippen molar-refractivity contribution in [1.82, 2.24) is 4.98 Å². The Morgan fingerprint density at radius 3 is 2.54 bits per heavy atom. The number of esters is 1. The van der Waals surface area contributed by atoms with E-state index < -0.39 is 47.3 Å². The topological polar surface area (TPSA) is 68.3 Å². The molecule has 0 saturated heterocycles. The van der Waals surface area contributed by atoms with Gasteiger partial charge in [0.15, 0.2) is 29.2 Å². The number of nitrogens with zero attached hydrogens (tertiary/aromatic N) is 1. The van der Waals surface area contributed by atoms with Crippen molar-refractivity contribution in [2.45, 2.75) is 0 Å². The zero-order valence-electron chi connectivity index (χ0n) is 12.7. The van der Waals surface area contributed by atoms with E-state index in [9.17, 15) is 27.2 Å². The van der Waals surface area contributed by atoms with Gasteiger partial charge in [-0.3, -0.25) is 10.1 Å². The summed E-state index contributed by atoms with van der Waals surface area (Å²) in [5.41, 5.74) is -0.777. The van der Waals surface area contributed by atoms with Crippen molar-refractivity contribution < 1.29 is 31.9 Å². The van der Waals surface area contributed by atoms with Gasteiger partial charge in [0.05, 0.1) is 10.3 Å². The van der Waals surface area contributed by atoms with Crippen LogP contribution in [-0.2, 0) is 9.53 Å². The molecule has 10 heteroatoms. The van der Waals surface area contributed by atoms with E-state index in [1.807, 2.05) is 0 Å². The molecule has 2 aromatic carbocycles. The predicted molar refractivity (Wildman–Crippen MR) is 84.8 cm³/mol. The number of hydrogen-bond acceptors (Lipinski definition) is 5. The van der Waals surface area contributed by atoms with Crippen LogP contribution in [0.2, 0.25) is 0 Å². The predicted octanol–water partition coefficient (Wildman–Crippen LogP) is 3.65. The molecule has 1 aromatic heterocycles. The third kappa shape index (κ3) is 3.49. The number of nitrogens with one attached hydrogen (secondary N) is 1. The number of rotatable bonds is 4. The van der Waals surface area contributed by atoms with E-state index in [-0.39, 0.29) is 15.4 Å². The van der Waals surface area contributed by atoms with Gasteiger partial charge in [-0.1, -0.05) is 23.5 Å². The summed E-state index contributed by atoms with van der Waals surface area (Å²) >= 11 is 0.706. The Bertz CT molecular complexity index is 1020. The maximum Gasteiger partial charge on any atom is 0.341 e. The average Bonchev–Trinajstić information content (AvgIpc) is 3.00. The maximum absolute atomic E-state index is 13.6. The number of hydrogen-bond donors (Lipinski definition) is 1. The molecule has 0 fully saturated rings. The van der Waals surface area contributed by atoms with Gasteiger partial charge >= 0.3 is 5.97 Å². The van der Waals surface area contributed by atoms with E-state index in [0.717, 1.165) is 12.1 Å². The van der Waals surface area contributed by atoms with Gasteiger partial charge in [0.25, 0.3) is 5.91 Å². The standard InChI is InChI=1S/C16H8F4N2O3S/c17-8-4-2-1-3-7(8)15(24)25-6-11(23)21-16-22-14-10(26-16)5-9(18)12(19)13(14)20/h1-5H,6H2,(H,21,22,23). The highest BCUT2D eigenvalue weighted by molar-refractivity contribution is 7.22. The average molecular weight is 384 g/mol. The molecule has 134 valence electrons. The van der Waals surface area contributed by atoms with Gasteiger partial charge in [-0.2, -0.15) is 0 Å². The minimum absolute atomic E-state index is 0.0138. The van der Waals surface area contributed by atoms with Crippen molar-refractivity contribution in [3.8, 4) is 0 Å². The zero-order valence-corrected chi connectivity index (χ0v) is 13.5. The SMILES string of the molecule is O=C(COC(=O)c1ccccc1F)Nc1nc2c(F)c(F)c(F)cc2s1. The molecule has 0 atom stereocenters. The number of carbonyl (C=O) groups is 2. The fraction of sp³-hybridized carbons (Fsp3) is 0.0625. The van der Waals surface area contributed by atoms with Gasteiger partial charge in [0.1, 0.15) is 11.3 Å². The van der Waals surface area contributed by atoms with Gasteiger partial charge in [0, 0.05) is 0 Å². The number of halogens is 4. The van der Waals surface area contributed by atoms with Crippen molar-refractivity contribution in [1.29, 1.82) is 0 Å². The lowest BCUT2D eigenvalue weighted by Crippen LogP contribution is -2.21. The van der Waals surface area contributed by atoms with Crippen LogP contribution in [0.15, 0.2) is 30.3 Å². The smallest absolute Gasteiger partial charge is 0.341 e. The molecule has 0 bridgehead atoms. The normalized spacial score (nSPS) is 10.8. The lowest BCUT2D eigenvalue weighted by atomic mass is 10.2. The molecule has 5 nitrogen and oxygen atoms in total. The number of thiazole rings is 1. The number of aromatic nitrogens is 1. The van der Waals surface area contributed by atoms with Crippen LogP contribution in [0.5, 0.6) is 0 Å². The van der Waals surface area contributed by atoms with Crippen molar-refractivity contribution in [2.24, 2.45) is 0 Å². The molecule has 1 amide bonds. The quantitative estimate of drug-likeness (QED) is 0.424. The van der Waals surface area contributed by atoms with E-state index in [1.54, 1.807) is 0 Å². The summed E-state index contributed by atoms with van der Waals surface area (Å²) in [4.78, 5) is 27.1. The second-order valence-electron chi connectivity index (χ2n) is 4.96. The largest absolute Gasteiger partial charge is 0.452 e. The van der Waals surface area contributed by atoms with Crippen molar-refractivity contribution in [2.75, 3.05) is 11.9 Å². The Morgan fingerprint density at radius 2 is 1.81 bits per heavy atom. The molecule has 3 rings (SSSR count). The van der Waals surface area contributed by atoms with Crippen LogP contribution in [0.25, 0.3) is 10.2 Å². The van der Waals surface area contributed by atoms with Gasteiger partial charge in [0.2, 0.25) is 0 Å². The first kappa shape index (κ1) is 17.8. The van der Waals surface area contributed by atoms with Crippen LogP contribution in [-0.4, -0.2) is 23.5 Å². The third-order valence-corrected chi connectivity index (χ3v) is 4.11. The van der Waals surface area contributed by atoms with Crippen molar-refractivity contribution in [3.05, 3.63) is 59.2 Å². The number of ether oxygens (including phenoxy) is 1. The van der Waals surface area contributed by atoms with Gasteiger partial charge in [-0.15, -0.1) is 0 Å². The Kier molecular flexibility index (Phi) is 4.85. The monoisotopic (exact) mass is 384 g/mol. The molecule has 0 spiro atoms. The first-order valence-electron chi connectivity index (χ1n) is 7.02. The summed E-state index contributed by atoms with van der Waals surface area (Å²) in [5.74, 6) is -7.20. The molecule has 1 heterocycles. The zero-order chi connectivity index (χ0) is 18.8. The van der Waals surface area contributed by atoms with Gasteiger partial charge in [-0.25, -0.2) is 27.3 Å². The van der Waals surface area contributed by atoms with E-state index in [1.165, 1.54) is 18.2 Å². The minimum Gasteiger partial charge on any atom is -0.452 e. The lowest BCUT2D eigenvalue weighted by Gasteiger charge is -2.05. The van der Waals surface area contributed by atoms with Crippen LogP contribution >= 0.6 is 11.3 Å². The second kappa shape index (κ2) is 7.08. The first-order valence-corrected chi connectivity index (χ1v) is 7.84. The van der Waals surface area contributed by atoms with Crippen LogP contribution < -0.4 is 5.32 Å². The Balaban J connectivity index is 1.67. The van der Waals surface area contributed by atoms with E-state index in [2.05, 4.69) is 15.0 Å². The minimum atomic E-state index is -1.67. The van der Waals surface area contributed by atoms with Gasteiger partial charge < -0.3 is 4.74 Å². The van der Waals surface area contributed by atoms with Crippen molar-refractivity contribution in [3.63, 3.8) is 0 Å². The number of anilines is 1. The highest BCUT2D eigenvalue weighted by atomic mass is 32.1. The third-order valence-electron chi connectivity index (χ3n) is 3.20. The highest BCUT2D eigenvalue weighted by Gasteiger charge is 2.19. The number of fused-ring (bicyclic) bond motifs is 1. The maximum atomic E-state index is 13.6. The van der Waals surface area contributed by atoms with E-state index >= 15 is 0 Å². The first-order chi connectivity index (χ1) is 12.4. The Morgan fingerprint density at radius 1 is 1.08 bits per heavy atom. The van der Waals surface area contributed by atoms with E-state index in [4.69, 9.17) is 0 Å². The molecule has 0 aliphatic carbocycles. The van der Waals surface area contributed by atoms with Gasteiger partial charge in [-0.05, 0) is 18.2 Å². The molecule has 0 radical (unpaired) electrons. The molecule has 1 N–H and O–H groups in total. The van der Waals surface area contributed by atoms with E-state index in [0.29, 0.717) is 11.3 Å². The Hall–Kier alpha value is -3.01. The van der Waals surface area contributed by atoms with Crippen LogP contribution in [0.1, 0.15) is 10.4 Å². The summed E-state index contributed by atoms with van der Waals surface area (Å²) in [5, 5.41) is 2.06. The fourth-order valence-electron chi connectivity index (χ4n) is 2.02. The molecule has 26 heavy (non-hydrogen) atoms. The highest BCUT2D eigenvalue weighted by Crippen LogP contribution is 2.30. The molecule has 0 saturated carbocycles. The number of carbonyl (C=O) groups excluding carboxylic acids is 2. The molecule has 0 unspecified atom stereocenters. The number of amides is 1. The fourth-order valence-corrected chi connectivity index (χ4v) is 2.92.